The van der Waals surface area contributed by atoms with Gasteiger partial charge in [0, 0.05) is 24.0 Å². The maximum absolute atomic E-state index is 10.4. The molecule has 0 bridgehead atoms. The predicted molar refractivity (Wildman–Crippen MR) is 116 cm³/mol. The van der Waals surface area contributed by atoms with Crippen LogP contribution >= 0.6 is 0 Å². The van der Waals surface area contributed by atoms with Gasteiger partial charge >= 0.3 is 11.9 Å². The number of ether oxygens (including phenoxy) is 2. The smallest absolute Gasteiger partial charge is 0.306 e. The highest BCUT2D eigenvalue weighted by molar-refractivity contribution is 5.77. The van der Waals surface area contributed by atoms with E-state index in [0.717, 1.165) is 19.5 Å². The molecule has 0 amide bonds. The van der Waals surface area contributed by atoms with Gasteiger partial charge < -0.3 is 19.7 Å². The Balaban J connectivity index is 0.000000382. The molecule has 0 aromatic rings. The summed E-state index contributed by atoms with van der Waals surface area (Å²) in [7, 11) is 2.55. The van der Waals surface area contributed by atoms with Gasteiger partial charge in [0.25, 0.3) is 0 Å². The molecule has 0 aromatic heterocycles. The number of aliphatic hydroxyl groups is 2. The standard InChI is InChI=1S/C17H31NO2.C6H10O4/c1-15(2)12-14(20)13-16(3,4)17(15,8-11-19)18-9-6-5-7-10-18;1-9-5(7)3-4-6(8)10-2/h12,19-20H,5-11,13H2,1-4H3;3-4H2,1-2H3. The lowest BCUT2D eigenvalue weighted by Gasteiger charge is -2.63. The lowest BCUT2D eigenvalue weighted by atomic mass is 9.52. The van der Waals surface area contributed by atoms with Crippen molar-refractivity contribution in [2.45, 2.75) is 78.2 Å². The summed E-state index contributed by atoms with van der Waals surface area (Å²) in [5.74, 6) is -0.290. The van der Waals surface area contributed by atoms with Crippen LogP contribution in [0, 0.1) is 10.8 Å². The van der Waals surface area contributed by atoms with Crippen molar-refractivity contribution in [3.05, 3.63) is 11.8 Å². The molecule has 1 aliphatic carbocycles. The van der Waals surface area contributed by atoms with Crippen molar-refractivity contribution in [2.24, 2.45) is 10.8 Å². The summed E-state index contributed by atoms with van der Waals surface area (Å²) in [6, 6.07) is 0. The Hall–Kier alpha value is -1.60. The highest BCUT2D eigenvalue weighted by atomic mass is 16.5. The van der Waals surface area contributed by atoms with Crippen molar-refractivity contribution in [1.82, 2.24) is 4.90 Å². The Morgan fingerprint density at radius 1 is 1.00 bits per heavy atom. The van der Waals surface area contributed by atoms with Gasteiger partial charge in [0.05, 0.1) is 32.8 Å². The SMILES string of the molecule is CC1(C)C=C(O)CC(C)(C)C1(CCO)N1CCCCC1.COC(=O)CCC(=O)OC. The lowest BCUT2D eigenvalue weighted by Crippen LogP contribution is -2.68. The number of hydrogen-bond donors (Lipinski definition) is 2. The molecule has 1 aliphatic heterocycles. The second kappa shape index (κ2) is 11.1. The van der Waals surface area contributed by atoms with Crippen LogP contribution in [0.4, 0.5) is 0 Å². The summed E-state index contributed by atoms with van der Waals surface area (Å²) in [6.07, 6.45) is 7.48. The quantitative estimate of drug-likeness (QED) is 0.625. The minimum Gasteiger partial charge on any atom is -0.513 e. The monoisotopic (exact) mass is 427 g/mol. The largest absolute Gasteiger partial charge is 0.513 e. The molecule has 0 saturated carbocycles. The van der Waals surface area contributed by atoms with Crippen LogP contribution in [0.15, 0.2) is 11.8 Å². The van der Waals surface area contributed by atoms with E-state index in [1.807, 2.05) is 6.08 Å². The van der Waals surface area contributed by atoms with Crippen molar-refractivity contribution in [3.63, 3.8) is 0 Å². The summed E-state index contributed by atoms with van der Waals surface area (Å²) in [5, 5.41) is 19.9. The van der Waals surface area contributed by atoms with Crippen LogP contribution < -0.4 is 0 Å². The van der Waals surface area contributed by atoms with Gasteiger partial charge in [-0.25, -0.2) is 0 Å². The minimum absolute atomic E-state index is 0.0462. The molecule has 2 aliphatic rings. The molecule has 7 nitrogen and oxygen atoms in total. The van der Waals surface area contributed by atoms with E-state index in [1.165, 1.54) is 33.5 Å². The van der Waals surface area contributed by atoms with Crippen LogP contribution in [-0.4, -0.2) is 66.5 Å². The molecule has 1 heterocycles. The Bertz CT molecular complexity index is 591. The van der Waals surface area contributed by atoms with E-state index in [0.29, 0.717) is 12.2 Å². The first-order valence-corrected chi connectivity index (χ1v) is 10.9. The molecule has 1 saturated heterocycles. The molecule has 1 atom stereocenters. The maximum Gasteiger partial charge on any atom is 0.306 e. The second-order valence-electron chi connectivity index (χ2n) is 9.45. The van der Waals surface area contributed by atoms with Gasteiger partial charge in [-0.1, -0.05) is 34.1 Å². The van der Waals surface area contributed by atoms with Crippen molar-refractivity contribution in [1.29, 1.82) is 0 Å². The van der Waals surface area contributed by atoms with Gasteiger partial charge in [-0.05, 0) is 43.8 Å². The van der Waals surface area contributed by atoms with Crippen LogP contribution in [0.25, 0.3) is 0 Å². The summed E-state index contributed by atoms with van der Waals surface area (Å²) in [5.41, 5.74) is -0.268. The highest BCUT2D eigenvalue weighted by Gasteiger charge is 2.59. The van der Waals surface area contributed by atoms with Gasteiger partial charge in [0.1, 0.15) is 0 Å². The molecular weight excluding hydrogens is 386 g/mol. The summed E-state index contributed by atoms with van der Waals surface area (Å²) in [6.45, 7) is 11.4. The highest BCUT2D eigenvalue weighted by Crippen LogP contribution is 2.57. The van der Waals surface area contributed by atoms with Gasteiger partial charge in [0.15, 0.2) is 0 Å². The number of nitrogens with zero attached hydrogens (tertiary/aromatic N) is 1. The fourth-order valence-electron chi connectivity index (χ4n) is 5.56. The molecular formula is C23H41NO6. The van der Waals surface area contributed by atoms with Crippen LogP contribution in [0.2, 0.25) is 0 Å². The fraction of sp³-hybridized carbons (Fsp3) is 0.826. The van der Waals surface area contributed by atoms with Gasteiger partial charge in [-0.3, -0.25) is 14.5 Å². The first-order chi connectivity index (χ1) is 14.0. The second-order valence-corrected chi connectivity index (χ2v) is 9.45. The van der Waals surface area contributed by atoms with E-state index in [1.54, 1.807) is 0 Å². The summed E-state index contributed by atoms with van der Waals surface area (Å²) in [4.78, 5) is 23.4. The number of rotatable bonds is 6. The fourth-order valence-corrected chi connectivity index (χ4v) is 5.56. The number of piperidine rings is 1. The zero-order valence-electron chi connectivity index (χ0n) is 19.6. The van der Waals surface area contributed by atoms with E-state index < -0.39 is 11.9 Å². The molecule has 0 aromatic carbocycles. The van der Waals surface area contributed by atoms with Gasteiger partial charge in [0.2, 0.25) is 0 Å². The van der Waals surface area contributed by atoms with Crippen molar-refractivity contribution >= 4 is 11.9 Å². The average molecular weight is 428 g/mol. The maximum atomic E-state index is 10.4. The molecule has 30 heavy (non-hydrogen) atoms. The zero-order valence-corrected chi connectivity index (χ0v) is 19.6. The van der Waals surface area contributed by atoms with Gasteiger partial charge in [-0.2, -0.15) is 0 Å². The number of esters is 2. The number of carbonyl (C=O) groups excluding carboxylic acids is 2. The molecule has 1 unspecified atom stereocenters. The minimum atomic E-state index is -0.398. The number of likely N-dealkylation sites (tertiary alicyclic amines) is 1. The Morgan fingerprint density at radius 3 is 1.90 bits per heavy atom. The number of aliphatic hydroxyl groups excluding tert-OH is 2. The van der Waals surface area contributed by atoms with Crippen LogP contribution in [0.1, 0.15) is 72.6 Å². The summed E-state index contributed by atoms with van der Waals surface area (Å²) < 4.78 is 8.60. The number of hydrogen-bond acceptors (Lipinski definition) is 7. The molecule has 0 spiro atoms. The summed E-state index contributed by atoms with van der Waals surface area (Å²) >= 11 is 0. The first-order valence-electron chi connectivity index (χ1n) is 10.9. The van der Waals surface area contributed by atoms with Crippen molar-refractivity contribution in [3.8, 4) is 0 Å². The van der Waals surface area contributed by atoms with Gasteiger partial charge in [-0.15, -0.1) is 0 Å². The Morgan fingerprint density at radius 2 is 1.50 bits per heavy atom. The van der Waals surface area contributed by atoms with E-state index in [4.69, 9.17) is 0 Å². The van der Waals surface area contributed by atoms with Crippen LogP contribution in [-0.2, 0) is 19.1 Å². The molecule has 0 radical (unpaired) electrons. The predicted octanol–water partition coefficient (Wildman–Crippen LogP) is 3.60. The first kappa shape index (κ1) is 26.4. The van der Waals surface area contributed by atoms with Crippen LogP contribution in [0.5, 0.6) is 0 Å². The van der Waals surface area contributed by atoms with E-state index >= 15 is 0 Å². The molecule has 2 N–H and O–H groups in total. The third kappa shape index (κ3) is 5.97. The van der Waals surface area contributed by atoms with E-state index in [9.17, 15) is 19.8 Å². The lowest BCUT2D eigenvalue weighted by molar-refractivity contribution is -0.147. The van der Waals surface area contributed by atoms with E-state index in [-0.39, 0.29) is 35.8 Å². The molecule has 174 valence electrons. The molecule has 7 heteroatoms. The van der Waals surface area contributed by atoms with Crippen molar-refractivity contribution in [2.75, 3.05) is 33.9 Å². The molecule has 2 rings (SSSR count). The van der Waals surface area contributed by atoms with E-state index in [2.05, 4.69) is 42.1 Å². The normalized spacial score (nSPS) is 25.4. The number of carbonyl (C=O) groups is 2. The Labute approximate surface area is 181 Å². The van der Waals surface area contributed by atoms with Crippen molar-refractivity contribution < 1.29 is 29.3 Å². The Kier molecular flexibility index (Phi) is 9.82. The average Bonchev–Trinajstić information content (AvgIpc) is 2.68. The molecule has 1 fully saturated rings. The third-order valence-corrected chi connectivity index (χ3v) is 6.69. The third-order valence-electron chi connectivity index (χ3n) is 6.69. The van der Waals surface area contributed by atoms with Crippen LogP contribution in [0.3, 0.4) is 0 Å². The zero-order chi connectivity index (χ0) is 23.0. The number of allylic oxidation sites excluding steroid dienone is 1. The number of methoxy groups -OCH3 is 2. The topological polar surface area (TPSA) is 96.3 Å².